The number of likely N-dealkylation sites (tertiary alicyclic amines) is 1. The van der Waals surface area contributed by atoms with Gasteiger partial charge in [-0.25, -0.2) is 9.97 Å². The van der Waals surface area contributed by atoms with Crippen molar-refractivity contribution in [2.24, 2.45) is 0 Å². The molecule has 1 saturated heterocycles. The van der Waals surface area contributed by atoms with Crippen molar-refractivity contribution in [3.05, 3.63) is 16.8 Å². The predicted molar refractivity (Wildman–Crippen MR) is 111 cm³/mol. The first-order valence-electron chi connectivity index (χ1n) is 10.2. The molecule has 1 aliphatic carbocycles. The predicted octanol–water partition coefficient (Wildman–Crippen LogP) is 3.57. The van der Waals surface area contributed by atoms with Crippen molar-refractivity contribution in [3.8, 4) is 0 Å². The smallest absolute Gasteiger partial charge is 0.261 e. The number of carbonyl (C=O) groups is 1. The highest BCUT2D eigenvalue weighted by molar-refractivity contribution is 7.20. The Morgan fingerprint density at radius 1 is 1.19 bits per heavy atom. The summed E-state index contributed by atoms with van der Waals surface area (Å²) in [5.41, 5.74) is 0.992. The molecule has 7 heteroatoms. The molecule has 2 aromatic heterocycles. The van der Waals surface area contributed by atoms with E-state index in [1.54, 1.807) is 6.33 Å². The van der Waals surface area contributed by atoms with Crippen LogP contribution in [0.5, 0.6) is 0 Å². The van der Waals surface area contributed by atoms with Gasteiger partial charge in [0.25, 0.3) is 5.91 Å². The van der Waals surface area contributed by atoms with E-state index >= 15 is 0 Å². The van der Waals surface area contributed by atoms with Crippen molar-refractivity contribution in [3.63, 3.8) is 0 Å². The molecule has 0 atom stereocenters. The minimum Gasteiger partial charge on any atom is -0.368 e. The van der Waals surface area contributed by atoms with E-state index in [1.807, 2.05) is 6.92 Å². The largest absolute Gasteiger partial charge is 0.368 e. The number of nitrogens with zero attached hydrogens (tertiary/aromatic N) is 3. The molecule has 6 nitrogen and oxygen atoms in total. The lowest BCUT2D eigenvalue weighted by Crippen LogP contribution is -2.33. The second-order valence-electron chi connectivity index (χ2n) is 7.74. The average Bonchev–Trinajstić information content (AvgIpc) is 3.31. The van der Waals surface area contributed by atoms with Crippen molar-refractivity contribution in [2.45, 2.75) is 57.9 Å². The van der Waals surface area contributed by atoms with Crippen LogP contribution >= 0.6 is 11.3 Å². The Labute approximate surface area is 164 Å². The van der Waals surface area contributed by atoms with Crippen LogP contribution < -0.4 is 10.6 Å². The molecule has 0 unspecified atom stereocenters. The zero-order valence-electron chi connectivity index (χ0n) is 16.1. The topological polar surface area (TPSA) is 70.1 Å². The van der Waals surface area contributed by atoms with E-state index in [0.717, 1.165) is 52.4 Å². The highest BCUT2D eigenvalue weighted by Crippen LogP contribution is 2.33. The minimum absolute atomic E-state index is 0.0432. The molecular weight excluding hydrogens is 358 g/mol. The zero-order valence-corrected chi connectivity index (χ0v) is 16.9. The molecule has 1 amide bonds. The van der Waals surface area contributed by atoms with Gasteiger partial charge in [0, 0.05) is 19.1 Å². The number of piperidine rings is 1. The number of rotatable bonds is 6. The summed E-state index contributed by atoms with van der Waals surface area (Å²) in [5.74, 6) is 0.896. The Kier molecular flexibility index (Phi) is 5.88. The van der Waals surface area contributed by atoms with Crippen LogP contribution in [0.1, 0.15) is 60.2 Å². The van der Waals surface area contributed by atoms with Gasteiger partial charge in [0.2, 0.25) is 0 Å². The van der Waals surface area contributed by atoms with E-state index in [9.17, 15) is 4.79 Å². The maximum atomic E-state index is 12.7. The lowest BCUT2D eigenvalue weighted by Gasteiger charge is -2.26. The number of amides is 1. The van der Waals surface area contributed by atoms with Gasteiger partial charge in [-0.2, -0.15) is 0 Å². The fourth-order valence-corrected chi connectivity index (χ4v) is 5.31. The highest BCUT2D eigenvalue weighted by atomic mass is 32.1. The molecule has 27 heavy (non-hydrogen) atoms. The third-order valence-electron chi connectivity index (χ3n) is 5.79. The first-order chi connectivity index (χ1) is 13.2. The van der Waals surface area contributed by atoms with E-state index in [1.165, 1.54) is 56.5 Å². The molecule has 0 spiro atoms. The molecule has 2 N–H and O–H groups in total. The first-order valence-corrected chi connectivity index (χ1v) is 11.0. The molecule has 1 saturated carbocycles. The summed E-state index contributed by atoms with van der Waals surface area (Å²) in [4.78, 5) is 25.8. The van der Waals surface area contributed by atoms with Gasteiger partial charge in [-0.1, -0.05) is 19.3 Å². The summed E-state index contributed by atoms with van der Waals surface area (Å²) in [5, 5.41) is 7.68. The number of hydrogen-bond donors (Lipinski definition) is 2. The quantitative estimate of drug-likeness (QED) is 0.793. The average molecular weight is 388 g/mol. The van der Waals surface area contributed by atoms with Crippen LogP contribution in [0.3, 0.4) is 0 Å². The van der Waals surface area contributed by atoms with Gasteiger partial charge in [0.1, 0.15) is 17.0 Å². The number of aryl methyl sites for hydroxylation is 1. The van der Waals surface area contributed by atoms with Gasteiger partial charge < -0.3 is 15.5 Å². The minimum atomic E-state index is 0.0432. The van der Waals surface area contributed by atoms with Gasteiger partial charge in [-0.3, -0.25) is 4.79 Å². The number of hydrogen-bond acceptors (Lipinski definition) is 6. The van der Waals surface area contributed by atoms with E-state index in [0.29, 0.717) is 6.04 Å². The summed E-state index contributed by atoms with van der Waals surface area (Å²) in [6.45, 7) is 6.31. The van der Waals surface area contributed by atoms with Crippen molar-refractivity contribution in [2.75, 3.05) is 31.5 Å². The SMILES string of the molecule is Cc1c(C(=O)NC2CCCC2)sc2ncnc(NCCN3CCCCC3)c12. The lowest BCUT2D eigenvalue weighted by atomic mass is 10.1. The Balaban J connectivity index is 1.46. The molecule has 2 fully saturated rings. The molecule has 2 aromatic rings. The van der Waals surface area contributed by atoms with Crippen molar-refractivity contribution in [1.29, 1.82) is 0 Å². The molecule has 3 heterocycles. The number of carbonyl (C=O) groups excluding carboxylic acids is 1. The molecular formula is C20H29N5OS. The molecule has 0 radical (unpaired) electrons. The summed E-state index contributed by atoms with van der Waals surface area (Å²) < 4.78 is 0. The van der Waals surface area contributed by atoms with Gasteiger partial charge in [-0.15, -0.1) is 11.3 Å². The molecule has 4 rings (SSSR count). The van der Waals surface area contributed by atoms with Crippen LogP contribution in [-0.4, -0.2) is 53.0 Å². The van der Waals surface area contributed by atoms with Crippen LogP contribution in [-0.2, 0) is 0 Å². The van der Waals surface area contributed by atoms with E-state index in [-0.39, 0.29) is 5.91 Å². The summed E-state index contributed by atoms with van der Waals surface area (Å²) in [6, 6.07) is 0.329. The normalized spacial score (nSPS) is 18.9. The maximum absolute atomic E-state index is 12.7. The Morgan fingerprint density at radius 3 is 2.74 bits per heavy atom. The third kappa shape index (κ3) is 4.24. The third-order valence-corrected chi connectivity index (χ3v) is 6.99. The Bertz CT molecular complexity index is 793. The molecule has 146 valence electrons. The second kappa shape index (κ2) is 8.52. The fourth-order valence-electron chi connectivity index (χ4n) is 4.26. The standard InChI is InChI=1S/C20H29N5OS/c1-14-16-18(21-9-12-25-10-5-2-6-11-25)22-13-23-20(16)27-17(14)19(26)24-15-7-3-4-8-15/h13,15H,2-12H2,1H3,(H,24,26)(H,21,22,23). The Morgan fingerprint density at radius 2 is 1.96 bits per heavy atom. The zero-order chi connectivity index (χ0) is 18.6. The fraction of sp³-hybridized carbons (Fsp3) is 0.650. The monoisotopic (exact) mass is 387 g/mol. The van der Waals surface area contributed by atoms with Crippen LogP contribution in [0.2, 0.25) is 0 Å². The van der Waals surface area contributed by atoms with E-state index in [4.69, 9.17) is 0 Å². The maximum Gasteiger partial charge on any atom is 0.261 e. The van der Waals surface area contributed by atoms with Crippen molar-refractivity contribution in [1.82, 2.24) is 20.2 Å². The Hall–Kier alpha value is -1.73. The number of anilines is 1. The van der Waals surface area contributed by atoms with Crippen LogP contribution in [0.15, 0.2) is 6.33 Å². The van der Waals surface area contributed by atoms with Gasteiger partial charge in [0.15, 0.2) is 0 Å². The number of nitrogens with one attached hydrogen (secondary N) is 2. The lowest BCUT2D eigenvalue weighted by molar-refractivity contribution is 0.0941. The summed E-state index contributed by atoms with van der Waals surface area (Å²) in [6.07, 6.45) is 10.2. The van der Waals surface area contributed by atoms with Gasteiger partial charge in [0.05, 0.1) is 10.3 Å². The van der Waals surface area contributed by atoms with Crippen LogP contribution in [0.4, 0.5) is 5.82 Å². The van der Waals surface area contributed by atoms with E-state index in [2.05, 4.69) is 25.5 Å². The van der Waals surface area contributed by atoms with Gasteiger partial charge >= 0.3 is 0 Å². The van der Waals surface area contributed by atoms with E-state index < -0.39 is 0 Å². The molecule has 2 aliphatic rings. The van der Waals surface area contributed by atoms with Gasteiger partial charge in [-0.05, 0) is 51.3 Å². The van der Waals surface area contributed by atoms with Crippen LogP contribution in [0, 0.1) is 6.92 Å². The van der Waals surface area contributed by atoms with Crippen molar-refractivity contribution >= 4 is 33.3 Å². The second-order valence-corrected chi connectivity index (χ2v) is 8.74. The molecule has 1 aliphatic heterocycles. The number of thiophene rings is 1. The summed E-state index contributed by atoms with van der Waals surface area (Å²) in [7, 11) is 0. The number of aromatic nitrogens is 2. The van der Waals surface area contributed by atoms with Crippen LogP contribution in [0.25, 0.3) is 10.2 Å². The van der Waals surface area contributed by atoms with Crippen molar-refractivity contribution < 1.29 is 4.79 Å². The molecule has 0 aromatic carbocycles. The highest BCUT2D eigenvalue weighted by Gasteiger charge is 2.23. The number of fused-ring (bicyclic) bond motifs is 1. The first kappa shape index (κ1) is 18.6. The molecule has 0 bridgehead atoms. The summed E-state index contributed by atoms with van der Waals surface area (Å²) >= 11 is 1.48.